The zero-order valence-electron chi connectivity index (χ0n) is 20.2. The van der Waals surface area contributed by atoms with Crippen LogP contribution >= 0.6 is 11.6 Å². The molecule has 1 aromatic heterocycles. The fourth-order valence-electron chi connectivity index (χ4n) is 4.77. The summed E-state index contributed by atoms with van der Waals surface area (Å²) in [6, 6.07) is 16.5. The molecule has 2 aromatic carbocycles. The van der Waals surface area contributed by atoms with E-state index in [4.69, 9.17) is 21.3 Å². The van der Waals surface area contributed by atoms with Gasteiger partial charge in [0.05, 0.1) is 17.8 Å². The van der Waals surface area contributed by atoms with E-state index >= 15 is 0 Å². The van der Waals surface area contributed by atoms with Crippen LogP contribution in [0.2, 0.25) is 5.02 Å². The van der Waals surface area contributed by atoms with E-state index in [1.54, 1.807) is 7.11 Å². The van der Waals surface area contributed by atoms with Crippen molar-refractivity contribution < 1.29 is 14.6 Å². The molecule has 6 nitrogen and oxygen atoms in total. The Balaban J connectivity index is 1.54. The van der Waals surface area contributed by atoms with Crippen LogP contribution < -0.4 is 15.4 Å². The third kappa shape index (κ3) is 5.73. The summed E-state index contributed by atoms with van der Waals surface area (Å²) in [6.07, 6.45) is 3.33. The number of aldehydes is 1. The van der Waals surface area contributed by atoms with Crippen molar-refractivity contribution >= 4 is 17.9 Å². The number of hydrogen-bond acceptors (Lipinski definition) is 6. The Morgan fingerprint density at radius 2 is 1.89 bits per heavy atom. The molecule has 184 valence electrons. The summed E-state index contributed by atoms with van der Waals surface area (Å²) in [5.74, 6) is 0.533. The number of aliphatic hydroxyl groups is 1. The Kier molecular flexibility index (Phi) is 8.52. The molecule has 7 heteroatoms. The molecular formula is C28H32ClN3O3. The zero-order chi connectivity index (χ0) is 24.8. The van der Waals surface area contributed by atoms with Gasteiger partial charge >= 0.3 is 0 Å². The van der Waals surface area contributed by atoms with Crippen molar-refractivity contribution in [2.75, 3.05) is 20.7 Å². The molecule has 2 atom stereocenters. The van der Waals surface area contributed by atoms with Gasteiger partial charge in [0.15, 0.2) is 0 Å². The average molecular weight is 494 g/mol. The molecule has 35 heavy (non-hydrogen) atoms. The van der Waals surface area contributed by atoms with Crippen LogP contribution in [0.5, 0.6) is 5.88 Å². The Labute approximate surface area is 211 Å². The molecule has 0 aliphatic heterocycles. The zero-order valence-corrected chi connectivity index (χ0v) is 20.9. The number of rotatable bonds is 11. The van der Waals surface area contributed by atoms with Crippen LogP contribution in [0.15, 0.2) is 48.5 Å². The highest BCUT2D eigenvalue weighted by Crippen LogP contribution is 2.40. The number of aryl methyl sites for hydroxylation is 1. The lowest BCUT2D eigenvalue weighted by molar-refractivity contribution is -0.115. The highest BCUT2D eigenvalue weighted by atomic mass is 35.5. The smallest absolute Gasteiger partial charge is 0.218 e. The van der Waals surface area contributed by atoms with Gasteiger partial charge in [-0.05, 0) is 55.5 Å². The van der Waals surface area contributed by atoms with Crippen molar-refractivity contribution in [3.05, 3.63) is 70.2 Å². The first-order valence-corrected chi connectivity index (χ1v) is 12.4. The summed E-state index contributed by atoms with van der Waals surface area (Å²) < 4.78 is 5.59. The van der Waals surface area contributed by atoms with Gasteiger partial charge < -0.3 is 25.3 Å². The minimum Gasteiger partial charge on any atom is -0.481 e. The van der Waals surface area contributed by atoms with Gasteiger partial charge in [0.25, 0.3) is 0 Å². The Morgan fingerprint density at radius 3 is 2.66 bits per heavy atom. The van der Waals surface area contributed by atoms with Crippen LogP contribution in [0.1, 0.15) is 29.5 Å². The van der Waals surface area contributed by atoms with Crippen molar-refractivity contribution in [1.29, 1.82) is 0 Å². The standard InChI is InChI=1S/C28H32ClN3O3/c1-30-20(14-21(34)17-33)16-31-15-19-12-13-26(32-28(19)35-2)25-11-5-10-24(27(25)29)23-9-4-7-18-6-3-8-22(18)23/h4-5,7,9-13,17,20-21,30-31,34H,3,6,8,14-16H2,1-2H3. The molecule has 0 spiro atoms. The highest BCUT2D eigenvalue weighted by Gasteiger charge is 2.19. The van der Waals surface area contributed by atoms with E-state index in [1.807, 2.05) is 31.3 Å². The molecule has 3 aromatic rings. The van der Waals surface area contributed by atoms with Crippen LogP contribution in [-0.4, -0.2) is 49.2 Å². The first kappa shape index (κ1) is 25.3. The van der Waals surface area contributed by atoms with Crippen molar-refractivity contribution in [2.24, 2.45) is 0 Å². The normalized spacial score (nSPS) is 14.4. The molecule has 3 N–H and O–H groups in total. The van der Waals surface area contributed by atoms with Gasteiger partial charge in [-0.25, -0.2) is 4.98 Å². The van der Waals surface area contributed by atoms with Gasteiger partial charge in [0.1, 0.15) is 12.4 Å². The summed E-state index contributed by atoms with van der Waals surface area (Å²) in [4.78, 5) is 15.5. The molecule has 1 aliphatic rings. The van der Waals surface area contributed by atoms with Gasteiger partial charge in [0.2, 0.25) is 5.88 Å². The number of ether oxygens (including phenoxy) is 1. The maximum Gasteiger partial charge on any atom is 0.218 e. The Bertz CT molecular complexity index is 1180. The number of carbonyl (C=O) groups excluding carboxylic acids is 1. The van der Waals surface area contributed by atoms with Crippen LogP contribution in [0.4, 0.5) is 0 Å². The lowest BCUT2D eigenvalue weighted by atomic mass is 9.95. The first-order valence-electron chi connectivity index (χ1n) is 12.0. The summed E-state index contributed by atoms with van der Waals surface area (Å²) >= 11 is 6.96. The van der Waals surface area contributed by atoms with Crippen molar-refractivity contribution in [1.82, 2.24) is 15.6 Å². The molecule has 2 unspecified atom stereocenters. The van der Waals surface area contributed by atoms with Crippen LogP contribution in [0, 0.1) is 0 Å². The monoisotopic (exact) mass is 493 g/mol. The summed E-state index contributed by atoms with van der Waals surface area (Å²) in [6.45, 7) is 1.12. The lowest BCUT2D eigenvalue weighted by Gasteiger charge is -2.18. The fraction of sp³-hybridized carbons (Fsp3) is 0.357. The maximum atomic E-state index is 10.7. The average Bonchev–Trinajstić information content (AvgIpc) is 3.37. The second-order valence-electron chi connectivity index (χ2n) is 8.88. The number of halogens is 1. The third-order valence-corrected chi connectivity index (χ3v) is 7.05. The Morgan fingerprint density at radius 1 is 1.11 bits per heavy atom. The quantitative estimate of drug-likeness (QED) is 0.347. The summed E-state index contributed by atoms with van der Waals surface area (Å²) in [7, 11) is 3.42. The Hall–Kier alpha value is -2.77. The van der Waals surface area contributed by atoms with E-state index < -0.39 is 6.10 Å². The molecule has 0 bridgehead atoms. The molecule has 0 radical (unpaired) electrons. The van der Waals surface area contributed by atoms with Gasteiger partial charge in [-0.15, -0.1) is 0 Å². The maximum absolute atomic E-state index is 10.7. The number of aliphatic hydroxyl groups excluding tert-OH is 1. The van der Waals surface area contributed by atoms with Crippen LogP contribution in [-0.2, 0) is 24.2 Å². The van der Waals surface area contributed by atoms with Crippen molar-refractivity contribution in [3.8, 4) is 28.3 Å². The second kappa shape index (κ2) is 11.8. The van der Waals surface area contributed by atoms with E-state index in [0.717, 1.165) is 35.2 Å². The third-order valence-electron chi connectivity index (χ3n) is 6.64. The van der Waals surface area contributed by atoms with Crippen LogP contribution in [0.3, 0.4) is 0 Å². The molecule has 4 rings (SSSR count). The number of pyridine rings is 1. The molecule has 0 saturated heterocycles. The van der Waals surface area contributed by atoms with Crippen molar-refractivity contribution in [2.45, 2.75) is 44.4 Å². The van der Waals surface area contributed by atoms with E-state index in [9.17, 15) is 9.90 Å². The largest absolute Gasteiger partial charge is 0.481 e. The number of hydrogen-bond donors (Lipinski definition) is 3. The number of carbonyl (C=O) groups is 1. The van der Waals surface area contributed by atoms with Gasteiger partial charge in [-0.3, -0.25) is 0 Å². The summed E-state index contributed by atoms with van der Waals surface area (Å²) in [5, 5.41) is 16.7. The SMILES string of the molecule is CNC(CNCc1ccc(-c2cccc(-c3cccc4c3CCC4)c2Cl)nc1OC)CC(O)C=O. The minimum absolute atomic E-state index is 0.0330. The second-order valence-corrected chi connectivity index (χ2v) is 9.26. The highest BCUT2D eigenvalue weighted by molar-refractivity contribution is 6.36. The van der Waals surface area contributed by atoms with E-state index in [-0.39, 0.29) is 6.04 Å². The summed E-state index contributed by atoms with van der Waals surface area (Å²) in [5.41, 5.74) is 7.60. The predicted molar refractivity (Wildman–Crippen MR) is 140 cm³/mol. The minimum atomic E-state index is -0.970. The predicted octanol–water partition coefficient (Wildman–Crippen LogP) is 4.19. The fourth-order valence-corrected chi connectivity index (χ4v) is 5.10. The van der Waals surface area contributed by atoms with Crippen LogP contribution in [0.25, 0.3) is 22.4 Å². The number of nitrogens with zero attached hydrogens (tertiary/aromatic N) is 1. The molecule has 1 aliphatic carbocycles. The van der Waals surface area contributed by atoms with E-state index in [1.165, 1.54) is 23.1 Å². The number of benzene rings is 2. The number of nitrogens with one attached hydrogen (secondary N) is 2. The van der Waals surface area contributed by atoms with Gasteiger partial charge in [0, 0.05) is 35.8 Å². The molecule has 1 heterocycles. The lowest BCUT2D eigenvalue weighted by Crippen LogP contribution is -2.39. The van der Waals surface area contributed by atoms with E-state index in [2.05, 4.69) is 34.9 Å². The van der Waals surface area contributed by atoms with Gasteiger partial charge in [-0.1, -0.05) is 54.1 Å². The number of methoxy groups -OCH3 is 1. The number of likely N-dealkylation sites (N-methyl/N-ethyl adjacent to an activating group) is 1. The van der Waals surface area contributed by atoms with Crippen molar-refractivity contribution in [3.63, 3.8) is 0 Å². The van der Waals surface area contributed by atoms with E-state index in [0.29, 0.717) is 36.7 Å². The molecular weight excluding hydrogens is 462 g/mol. The molecule has 0 fully saturated rings. The number of fused-ring (bicyclic) bond motifs is 1. The molecule has 0 amide bonds. The first-order chi connectivity index (χ1) is 17.0. The topological polar surface area (TPSA) is 83.5 Å². The molecule has 0 saturated carbocycles. The van der Waals surface area contributed by atoms with Gasteiger partial charge in [-0.2, -0.15) is 0 Å². The number of aromatic nitrogens is 1.